The van der Waals surface area contributed by atoms with Crippen molar-refractivity contribution in [2.45, 2.75) is 0 Å². The predicted octanol–water partition coefficient (Wildman–Crippen LogP) is 1.37. The molecule has 2 heteroatoms. The minimum Gasteiger partial charge on any atom is -0.268 e. The number of hydrogen-bond donors (Lipinski definition) is 0. The molecule has 0 spiro atoms. The van der Waals surface area contributed by atoms with Gasteiger partial charge in [-0.05, 0) is 18.2 Å². The maximum absolute atomic E-state index is 7.20. The summed E-state index contributed by atoms with van der Waals surface area (Å²) in [5.41, 5.74) is 0.610. The lowest BCUT2D eigenvalue weighted by Gasteiger charge is -1.89. The van der Waals surface area contributed by atoms with E-state index in [1.807, 2.05) is 0 Å². The molecule has 0 aliphatic rings. The van der Waals surface area contributed by atoms with Gasteiger partial charge in [-0.25, -0.2) is 0 Å². The summed E-state index contributed by atoms with van der Waals surface area (Å²) in [6.07, 6.45) is 1.53. The lowest BCUT2D eigenvalue weighted by Crippen LogP contribution is -1.87. The first kappa shape index (κ1) is 3.19. The second kappa shape index (κ2) is 1.84. The molecule has 2 rings (SSSR count). The van der Waals surface area contributed by atoms with E-state index in [9.17, 15) is 0 Å². The van der Waals surface area contributed by atoms with Gasteiger partial charge in [-0.1, -0.05) is 6.07 Å². The zero-order chi connectivity index (χ0) is 9.47. The Labute approximate surface area is 63.3 Å². The average Bonchev–Trinajstić information content (AvgIpc) is 2.45. The van der Waals surface area contributed by atoms with E-state index in [0.717, 1.165) is 10.1 Å². The topological polar surface area (TPSA) is 17.8 Å². The summed E-state index contributed by atoms with van der Waals surface area (Å²) in [7, 11) is 0. The van der Waals surface area contributed by atoms with Crippen LogP contribution in [0.25, 0.3) is 10.9 Å². The molecule has 2 nitrogen and oxygen atoms in total. The summed E-state index contributed by atoms with van der Waals surface area (Å²) in [5.74, 6) is 0. The molecule has 0 saturated heterocycles. The van der Waals surface area contributed by atoms with Crippen LogP contribution in [0.1, 0.15) is 4.11 Å². The van der Waals surface area contributed by atoms with E-state index in [2.05, 4.69) is 11.2 Å². The largest absolute Gasteiger partial charge is 0.268 e. The van der Waals surface area contributed by atoms with Crippen LogP contribution in [0, 0.1) is 6.07 Å². The SMILES string of the molecule is [2H]C([2H])([2H])n1ncc2c[c]ccc21. The maximum Gasteiger partial charge on any atom is 0.0679 e. The predicted molar refractivity (Wildman–Crippen MR) is 39.6 cm³/mol. The van der Waals surface area contributed by atoms with Crippen LogP contribution in [0.2, 0.25) is 0 Å². The van der Waals surface area contributed by atoms with Crippen LogP contribution in [0.5, 0.6) is 0 Å². The zero-order valence-corrected chi connectivity index (χ0v) is 5.20. The first-order valence-electron chi connectivity index (χ1n) is 4.43. The van der Waals surface area contributed by atoms with Crippen LogP contribution in [-0.2, 0) is 6.98 Å². The van der Waals surface area contributed by atoms with Crippen molar-refractivity contribution in [2.24, 2.45) is 6.98 Å². The smallest absolute Gasteiger partial charge is 0.0679 e. The van der Waals surface area contributed by atoms with Crippen LogP contribution in [0.4, 0.5) is 0 Å². The van der Waals surface area contributed by atoms with Crippen LogP contribution in [0.15, 0.2) is 24.4 Å². The minimum atomic E-state index is -2.21. The molecule has 2 aromatic rings. The zero-order valence-electron chi connectivity index (χ0n) is 8.20. The third kappa shape index (κ3) is 0.620. The Bertz CT molecular complexity index is 430. The van der Waals surface area contributed by atoms with Gasteiger partial charge in [-0.3, -0.25) is 4.68 Å². The average molecular weight is 134 g/mol. The van der Waals surface area contributed by atoms with Crippen molar-refractivity contribution in [1.82, 2.24) is 9.78 Å². The van der Waals surface area contributed by atoms with Gasteiger partial charge in [-0.15, -0.1) is 0 Å². The Morgan fingerprint density at radius 1 is 1.80 bits per heavy atom. The van der Waals surface area contributed by atoms with Crippen LogP contribution < -0.4 is 0 Å². The molecular formula is C8H7N2. The first-order valence-corrected chi connectivity index (χ1v) is 2.93. The van der Waals surface area contributed by atoms with E-state index in [4.69, 9.17) is 4.11 Å². The van der Waals surface area contributed by atoms with Gasteiger partial charge in [0.15, 0.2) is 0 Å². The van der Waals surface area contributed by atoms with Crippen molar-refractivity contribution in [2.75, 3.05) is 0 Å². The highest BCUT2D eigenvalue weighted by Crippen LogP contribution is 2.09. The Balaban J connectivity index is 2.72. The summed E-state index contributed by atoms with van der Waals surface area (Å²) in [6, 6.07) is 7.94. The van der Waals surface area contributed by atoms with Crippen LogP contribution in [-0.4, -0.2) is 9.78 Å². The van der Waals surface area contributed by atoms with E-state index in [1.54, 1.807) is 18.2 Å². The number of fused-ring (bicyclic) bond motifs is 1. The summed E-state index contributed by atoms with van der Waals surface area (Å²) in [6.45, 7) is -2.21. The van der Waals surface area contributed by atoms with Gasteiger partial charge in [0.1, 0.15) is 0 Å². The van der Waals surface area contributed by atoms with Crippen LogP contribution >= 0.6 is 0 Å². The second-order valence-corrected chi connectivity index (χ2v) is 2.04. The van der Waals surface area contributed by atoms with Crippen molar-refractivity contribution >= 4 is 10.9 Å². The second-order valence-electron chi connectivity index (χ2n) is 2.04. The Hall–Kier alpha value is -1.31. The molecule has 10 heavy (non-hydrogen) atoms. The third-order valence-corrected chi connectivity index (χ3v) is 1.41. The Morgan fingerprint density at radius 2 is 2.80 bits per heavy atom. The number of benzene rings is 1. The summed E-state index contributed by atoms with van der Waals surface area (Å²) in [5, 5.41) is 4.59. The van der Waals surface area contributed by atoms with Gasteiger partial charge in [-0.2, -0.15) is 5.10 Å². The molecule has 0 bridgehead atoms. The minimum absolute atomic E-state index is 0.610. The van der Waals surface area contributed by atoms with Gasteiger partial charge in [0.2, 0.25) is 0 Å². The van der Waals surface area contributed by atoms with Crippen molar-refractivity contribution in [3.8, 4) is 0 Å². The highest BCUT2D eigenvalue weighted by atomic mass is 15.2. The molecule has 0 aliphatic carbocycles. The fraction of sp³-hybridized carbons (Fsp3) is 0.125. The standard InChI is InChI=1S/C8H7N2/c1-10-8-5-3-2-4-7(8)6-9-10/h3-6H,1H3/i1D3. The fourth-order valence-corrected chi connectivity index (χ4v) is 0.914. The molecular weight excluding hydrogens is 124 g/mol. The van der Waals surface area contributed by atoms with E-state index in [0.29, 0.717) is 5.52 Å². The third-order valence-electron chi connectivity index (χ3n) is 1.41. The van der Waals surface area contributed by atoms with Gasteiger partial charge in [0.05, 0.1) is 11.7 Å². The van der Waals surface area contributed by atoms with Crippen LogP contribution in [0.3, 0.4) is 0 Å². The van der Waals surface area contributed by atoms with Crippen molar-refractivity contribution in [3.63, 3.8) is 0 Å². The van der Waals surface area contributed by atoms with E-state index in [1.165, 1.54) is 6.20 Å². The summed E-state index contributed by atoms with van der Waals surface area (Å²) < 4.78 is 22.6. The number of aromatic nitrogens is 2. The molecule has 1 aromatic heterocycles. The van der Waals surface area contributed by atoms with Crippen molar-refractivity contribution in [3.05, 3.63) is 30.5 Å². The van der Waals surface area contributed by atoms with E-state index < -0.39 is 6.98 Å². The lowest BCUT2D eigenvalue weighted by molar-refractivity contribution is 0.797. The monoisotopic (exact) mass is 134 g/mol. The van der Waals surface area contributed by atoms with Gasteiger partial charge < -0.3 is 0 Å². The molecule has 49 valence electrons. The van der Waals surface area contributed by atoms with E-state index >= 15 is 0 Å². The molecule has 1 radical (unpaired) electrons. The molecule has 0 fully saturated rings. The molecule has 0 amide bonds. The molecule has 0 aliphatic heterocycles. The quantitative estimate of drug-likeness (QED) is 0.532. The molecule has 0 atom stereocenters. The molecule has 1 heterocycles. The number of nitrogens with zero attached hydrogens (tertiary/aromatic N) is 2. The maximum atomic E-state index is 7.20. The van der Waals surface area contributed by atoms with Gasteiger partial charge >= 0.3 is 0 Å². The van der Waals surface area contributed by atoms with E-state index in [-0.39, 0.29) is 0 Å². The molecule has 0 unspecified atom stereocenters. The number of hydrogen-bond acceptors (Lipinski definition) is 1. The summed E-state index contributed by atoms with van der Waals surface area (Å²) >= 11 is 0. The fourth-order valence-electron chi connectivity index (χ4n) is 0.914. The van der Waals surface area contributed by atoms with Crippen molar-refractivity contribution < 1.29 is 4.11 Å². The Kier molecular flexibility index (Phi) is 0.586. The van der Waals surface area contributed by atoms with Gasteiger partial charge in [0, 0.05) is 16.5 Å². The first-order chi connectivity index (χ1) is 6.09. The highest BCUT2D eigenvalue weighted by Gasteiger charge is 1.94. The lowest BCUT2D eigenvalue weighted by atomic mass is 10.3. The Morgan fingerprint density at radius 3 is 3.70 bits per heavy atom. The summed E-state index contributed by atoms with van der Waals surface area (Å²) in [4.78, 5) is 0. The van der Waals surface area contributed by atoms with Crippen molar-refractivity contribution in [1.29, 1.82) is 0 Å². The number of rotatable bonds is 0. The molecule has 0 saturated carbocycles. The number of aryl methyl sites for hydroxylation is 1. The van der Waals surface area contributed by atoms with Gasteiger partial charge in [0.25, 0.3) is 0 Å². The highest BCUT2D eigenvalue weighted by molar-refractivity contribution is 5.77. The molecule has 0 N–H and O–H groups in total. The molecule has 1 aromatic carbocycles. The normalized spacial score (nSPS) is 16.2.